The van der Waals surface area contributed by atoms with Crippen LogP contribution in [0.15, 0.2) is 78.4 Å². The Balaban J connectivity index is 1.95. The predicted molar refractivity (Wildman–Crippen MR) is 119 cm³/mol. The minimum atomic E-state index is 0.133. The standard InChI is InChI=1S/C26H27NO3/c1-27(2)17-21-25(18-10-6-5-7-11-18)20-12-8-9-13-22(20)30-26(21)19-14-15-23(28-3)24(16-19)29-4/h5-16,25H,17H2,1-4H3/p+1. The molecule has 1 N–H and O–H groups in total. The van der Waals surface area contributed by atoms with Gasteiger partial charge in [0, 0.05) is 22.6 Å². The molecular weight excluding hydrogens is 374 g/mol. The first-order valence-corrected chi connectivity index (χ1v) is 10.2. The van der Waals surface area contributed by atoms with Crippen LogP contribution in [0.25, 0.3) is 5.76 Å². The average Bonchev–Trinajstić information content (AvgIpc) is 2.78. The molecule has 0 radical (unpaired) electrons. The normalized spacial score (nSPS) is 15.6. The molecule has 0 spiro atoms. The van der Waals surface area contributed by atoms with E-state index in [2.05, 4.69) is 56.6 Å². The Hall–Kier alpha value is -3.24. The number of methoxy groups -OCH3 is 2. The molecule has 30 heavy (non-hydrogen) atoms. The molecule has 4 heteroatoms. The first-order valence-electron chi connectivity index (χ1n) is 10.2. The summed E-state index contributed by atoms with van der Waals surface area (Å²) in [6.07, 6.45) is 0. The van der Waals surface area contributed by atoms with Crippen LogP contribution in [0.2, 0.25) is 0 Å². The van der Waals surface area contributed by atoms with E-state index in [4.69, 9.17) is 14.2 Å². The molecule has 1 aliphatic rings. The largest absolute Gasteiger partial charge is 0.493 e. The second kappa shape index (κ2) is 8.64. The first kappa shape index (κ1) is 20.0. The second-order valence-electron chi connectivity index (χ2n) is 7.79. The Morgan fingerprint density at radius 2 is 1.53 bits per heavy atom. The highest BCUT2D eigenvalue weighted by Gasteiger charge is 2.33. The van der Waals surface area contributed by atoms with Crippen molar-refractivity contribution in [2.24, 2.45) is 0 Å². The van der Waals surface area contributed by atoms with Gasteiger partial charge in [0.1, 0.15) is 18.1 Å². The van der Waals surface area contributed by atoms with Crippen LogP contribution in [0.1, 0.15) is 22.6 Å². The summed E-state index contributed by atoms with van der Waals surface area (Å²) in [6, 6.07) is 24.9. The van der Waals surface area contributed by atoms with Crippen molar-refractivity contribution in [1.82, 2.24) is 0 Å². The number of nitrogens with one attached hydrogen (secondary N) is 1. The molecule has 1 atom stereocenters. The van der Waals surface area contributed by atoms with Gasteiger partial charge < -0.3 is 19.1 Å². The van der Waals surface area contributed by atoms with Gasteiger partial charge >= 0.3 is 0 Å². The first-order chi connectivity index (χ1) is 14.6. The summed E-state index contributed by atoms with van der Waals surface area (Å²) in [4.78, 5) is 1.34. The lowest BCUT2D eigenvalue weighted by Crippen LogP contribution is -3.06. The lowest BCUT2D eigenvalue weighted by Gasteiger charge is -2.32. The third-order valence-electron chi connectivity index (χ3n) is 5.40. The van der Waals surface area contributed by atoms with Gasteiger partial charge in [-0.1, -0.05) is 48.5 Å². The van der Waals surface area contributed by atoms with Crippen LogP contribution >= 0.6 is 0 Å². The van der Waals surface area contributed by atoms with Crippen molar-refractivity contribution < 1.29 is 19.1 Å². The minimum Gasteiger partial charge on any atom is -0.493 e. The van der Waals surface area contributed by atoms with E-state index in [1.54, 1.807) is 14.2 Å². The number of rotatable bonds is 6. The number of para-hydroxylation sites is 1. The van der Waals surface area contributed by atoms with Crippen LogP contribution in [-0.4, -0.2) is 34.9 Å². The maximum absolute atomic E-state index is 6.53. The molecule has 3 aromatic rings. The second-order valence-corrected chi connectivity index (χ2v) is 7.79. The number of hydrogen-bond donors (Lipinski definition) is 1. The van der Waals surface area contributed by atoms with Gasteiger partial charge in [-0.2, -0.15) is 0 Å². The van der Waals surface area contributed by atoms with Crippen LogP contribution in [0.4, 0.5) is 0 Å². The molecule has 0 fully saturated rings. The van der Waals surface area contributed by atoms with Crippen molar-refractivity contribution in [3.8, 4) is 17.2 Å². The van der Waals surface area contributed by atoms with Gasteiger partial charge in [-0.25, -0.2) is 0 Å². The number of benzene rings is 3. The van der Waals surface area contributed by atoms with E-state index in [1.807, 2.05) is 30.3 Å². The molecule has 154 valence electrons. The van der Waals surface area contributed by atoms with Crippen LogP contribution in [0.3, 0.4) is 0 Å². The van der Waals surface area contributed by atoms with Crippen LogP contribution < -0.4 is 19.1 Å². The van der Waals surface area contributed by atoms with Crippen LogP contribution in [0.5, 0.6) is 17.2 Å². The van der Waals surface area contributed by atoms with E-state index < -0.39 is 0 Å². The molecule has 0 aliphatic carbocycles. The Labute approximate surface area is 178 Å². The quantitative estimate of drug-likeness (QED) is 0.681. The van der Waals surface area contributed by atoms with E-state index in [0.29, 0.717) is 11.5 Å². The Morgan fingerprint density at radius 1 is 0.833 bits per heavy atom. The molecule has 0 aromatic heterocycles. The third kappa shape index (κ3) is 3.79. The van der Waals surface area contributed by atoms with Gasteiger partial charge in [0.25, 0.3) is 0 Å². The average molecular weight is 403 g/mol. The molecule has 0 amide bonds. The van der Waals surface area contributed by atoms with E-state index in [1.165, 1.54) is 21.6 Å². The van der Waals surface area contributed by atoms with Crippen molar-refractivity contribution in [2.75, 3.05) is 34.9 Å². The van der Waals surface area contributed by atoms with E-state index >= 15 is 0 Å². The van der Waals surface area contributed by atoms with E-state index in [0.717, 1.165) is 23.6 Å². The molecule has 3 aromatic carbocycles. The van der Waals surface area contributed by atoms with Gasteiger partial charge in [-0.3, -0.25) is 0 Å². The van der Waals surface area contributed by atoms with E-state index in [9.17, 15) is 0 Å². The molecular formula is C26H28NO3+. The summed E-state index contributed by atoms with van der Waals surface area (Å²) >= 11 is 0. The van der Waals surface area contributed by atoms with Crippen LogP contribution in [0, 0.1) is 0 Å². The van der Waals surface area contributed by atoms with Gasteiger partial charge in [0.2, 0.25) is 0 Å². The monoisotopic (exact) mass is 402 g/mol. The summed E-state index contributed by atoms with van der Waals surface area (Å²) in [5, 5.41) is 0. The van der Waals surface area contributed by atoms with Crippen molar-refractivity contribution in [2.45, 2.75) is 5.92 Å². The highest BCUT2D eigenvalue weighted by Crippen LogP contribution is 2.46. The number of quaternary nitrogens is 1. The van der Waals surface area contributed by atoms with Crippen molar-refractivity contribution in [3.05, 3.63) is 95.1 Å². The van der Waals surface area contributed by atoms with Gasteiger partial charge in [0.15, 0.2) is 11.5 Å². The highest BCUT2D eigenvalue weighted by molar-refractivity contribution is 5.73. The third-order valence-corrected chi connectivity index (χ3v) is 5.40. The van der Waals surface area contributed by atoms with Gasteiger partial charge in [0.05, 0.1) is 28.3 Å². The van der Waals surface area contributed by atoms with Crippen molar-refractivity contribution in [1.29, 1.82) is 0 Å². The number of likely N-dealkylation sites (N-methyl/N-ethyl adjacent to an activating group) is 1. The summed E-state index contributed by atoms with van der Waals surface area (Å²) in [6.45, 7) is 0.859. The fourth-order valence-corrected chi connectivity index (χ4v) is 4.12. The summed E-state index contributed by atoms with van der Waals surface area (Å²) < 4.78 is 17.5. The topological polar surface area (TPSA) is 32.1 Å². The molecule has 4 nitrogen and oxygen atoms in total. The molecule has 0 saturated heterocycles. The van der Waals surface area contributed by atoms with Crippen molar-refractivity contribution in [3.63, 3.8) is 0 Å². The predicted octanol–water partition coefficient (Wildman–Crippen LogP) is 3.78. The lowest BCUT2D eigenvalue weighted by molar-refractivity contribution is -0.853. The number of ether oxygens (including phenoxy) is 3. The minimum absolute atomic E-state index is 0.133. The zero-order valence-electron chi connectivity index (χ0n) is 17.9. The molecule has 0 saturated carbocycles. The Morgan fingerprint density at radius 3 is 2.23 bits per heavy atom. The molecule has 1 heterocycles. The Bertz CT molecular complexity index is 1060. The zero-order chi connectivity index (χ0) is 21.1. The van der Waals surface area contributed by atoms with Crippen LogP contribution in [-0.2, 0) is 0 Å². The van der Waals surface area contributed by atoms with E-state index in [-0.39, 0.29) is 5.92 Å². The van der Waals surface area contributed by atoms with Crippen molar-refractivity contribution >= 4 is 5.76 Å². The lowest BCUT2D eigenvalue weighted by atomic mass is 9.81. The summed E-state index contributed by atoms with van der Waals surface area (Å²) in [7, 11) is 7.64. The Kier molecular flexibility index (Phi) is 5.77. The highest BCUT2D eigenvalue weighted by atomic mass is 16.5. The molecule has 0 bridgehead atoms. The molecule has 1 unspecified atom stereocenters. The SMILES string of the molecule is COc1ccc(C2=C(C[NH+](C)C)C(c3ccccc3)c3ccccc3O2)cc1OC. The molecule has 4 rings (SSSR count). The maximum atomic E-state index is 6.53. The smallest absolute Gasteiger partial charge is 0.161 e. The molecule has 1 aliphatic heterocycles. The summed E-state index contributed by atoms with van der Waals surface area (Å²) in [5.41, 5.74) is 4.71. The summed E-state index contributed by atoms with van der Waals surface area (Å²) in [5.74, 6) is 3.32. The number of hydrogen-bond acceptors (Lipinski definition) is 3. The van der Waals surface area contributed by atoms with Gasteiger partial charge in [-0.15, -0.1) is 0 Å². The maximum Gasteiger partial charge on any atom is 0.161 e. The fraction of sp³-hybridized carbons (Fsp3) is 0.231. The van der Waals surface area contributed by atoms with Gasteiger partial charge in [-0.05, 0) is 29.8 Å². The fourth-order valence-electron chi connectivity index (χ4n) is 4.12. The zero-order valence-corrected chi connectivity index (χ0v) is 17.9. The number of fused-ring (bicyclic) bond motifs is 1.